The van der Waals surface area contributed by atoms with E-state index in [2.05, 4.69) is 15.9 Å². The molecule has 2 aromatic carbocycles. The van der Waals surface area contributed by atoms with Crippen LogP contribution in [0.2, 0.25) is 0 Å². The Balaban J connectivity index is 1.98. The molecule has 1 unspecified atom stereocenters. The maximum atomic E-state index is 14.0. The van der Waals surface area contributed by atoms with Gasteiger partial charge in [0.1, 0.15) is 11.9 Å². The van der Waals surface area contributed by atoms with E-state index in [0.29, 0.717) is 30.1 Å². The number of fused-ring (bicyclic) bond motifs is 1. The highest BCUT2D eigenvalue weighted by Gasteiger charge is 2.23. The van der Waals surface area contributed by atoms with Gasteiger partial charge in [-0.3, -0.25) is 0 Å². The minimum atomic E-state index is -0.950. The van der Waals surface area contributed by atoms with Gasteiger partial charge in [-0.25, -0.2) is 4.39 Å². The van der Waals surface area contributed by atoms with Gasteiger partial charge < -0.3 is 14.6 Å². The highest BCUT2D eigenvalue weighted by atomic mass is 79.9. The van der Waals surface area contributed by atoms with Crippen LogP contribution in [0.1, 0.15) is 29.7 Å². The molecule has 0 aliphatic carbocycles. The summed E-state index contributed by atoms with van der Waals surface area (Å²) in [6.07, 6.45) is -0.138. The number of aliphatic hydroxyl groups excluding tert-OH is 1. The van der Waals surface area contributed by atoms with Gasteiger partial charge in [-0.05, 0) is 42.3 Å². The van der Waals surface area contributed by atoms with Crippen molar-refractivity contribution in [3.05, 3.63) is 57.3 Å². The molecule has 2 aromatic rings. The molecular weight excluding hydrogens is 351 g/mol. The maximum absolute atomic E-state index is 14.0. The molecule has 1 atom stereocenters. The second-order valence-electron chi connectivity index (χ2n) is 5.11. The SMILES string of the molecule is CCOc1ccc(C(O)c2cc(Br)cc3c2OCC3)cc1F. The van der Waals surface area contributed by atoms with E-state index in [1.54, 1.807) is 13.0 Å². The van der Waals surface area contributed by atoms with Gasteiger partial charge in [-0.1, -0.05) is 22.0 Å². The fourth-order valence-electron chi connectivity index (χ4n) is 2.64. The zero-order valence-electron chi connectivity index (χ0n) is 12.1. The van der Waals surface area contributed by atoms with Crippen molar-refractivity contribution >= 4 is 15.9 Å². The molecule has 0 saturated heterocycles. The molecule has 3 nitrogen and oxygen atoms in total. The number of hydrogen-bond acceptors (Lipinski definition) is 3. The normalized spacial score (nSPS) is 14.4. The minimum absolute atomic E-state index is 0.189. The number of rotatable bonds is 4. The standard InChI is InChI=1S/C17H16BrFO3/c1-2-21-15-4-3-10(8-14(15)19)16(20)13-9-12(18)7-11-5-6-22-17(11)13/h3-4,7-9,16,20H,2,5-6H2,1H3. The van der Waals surface area contributed by atoms with Gasteiger partial charge in [0.2, 0.25) is 0 Å². The molecular formula is C17H16BrFO3. The number of ether oxygens (including phenoxy) is 2. The van der Waals surface area contributed by atoms with Crippen LogP contribution in [0.4, 0.5) is 4.39 Å². The van der Waals surface area contributed by atoms with Crippen molar-refractivity contribution in [2.45, 2.75) is 19.4 Å². The van der Waals surface area contributed by atoms with Crippen LogP contribution in [0, 0.1) is 5.82 Å². The van der Waals surface area contributed by atoms with Crippen LogP contribution < -0.4 is 9.47 Å². The molecule has 0 radical (unpaired) electrons. The average Bonchev–Trinajstić information content (AvgIpc) is 2.96. The molecule has 1 N–H and O–H groups in total. The lowest BCUT2D eigenvalue weighted by molar-refractivity contribution is 0.212. The van der Waals surface area contributed by atoms with Crippen molar-refractivity contribution in [3.63, 3.8) is 0 Å². The molecule has 0 fully saturated rings. The van der Waals surface area contributed by atoms with Gasteiger partial charge in [0, 0.05) is 16.5 Å². The summed E-state index contributed by atoms with van der Waals surface area (Å²) in [7, 11) is 0. The van der Waals surface area contributed by atoms with Crippen LogP contribution in [0.5, 0.6) is 11.5 Å². The van der Waals surface area contributed by atoms with Crippen molar-refractivity contribution in [2.24, 2.45) is 0 Å². The Morgan fingerprint density at radius 1 is 1.36 bits per heavy atom. The van der Waals surface area contributed by atoms with Gasteiger partial charge in [0.05, 0.1) is 13.2 Å². The van der Waals surface area contributed by atoms with E-state index in [9.17, 15) is 9.50 Å². The summed E-state index contributed by atoms with van der Waals surface area (Å²) in [6.45, 7) is 2.79. The van der Waals surface area contributed by atoms with Crippen LogP contribution in [-0.4, -0.2) is 18.3 Å². The van der Waals surface area contributed by atoms with Crippen LogP contribution >= 0.6 is 15.9 Å². The van der Waals surface area contributed by atoms with Gasteiger partial charge in [-0.15, -0.1) is 0 Å². The Kier molecular flexibility index (Phi) is 4.36. The average molecular weight is 367 g/mol. The minimum Gasteiger partial charge on any atom is -0.493 e. The van der Waals surface area contributed by atoms with Gasteiger partial charge in [-0.2, -0.15) is 0 Å². The summed E-state index contributed by atoms with van der Waals surface area (Å²) in [4.78, 5) is 0. The highest BCUT2D eigenvalue weighted by molar-refractivity contribution is 9.10. The topological polar surface area (TPSA) is 38.7 Å². The molecule has 0 bridgehead atoms. The molecule has 22 heavy (non-hydrogen) atoms. The first kappa shape index (κ1) is 15.3. The van der Waals surface area contributed by atoms with E-state index in [0.717, 1.165) is 16.5 Å². The van der Waals surface area contributed by atoms with E-state index < -0.39 is 11.9 Å². The van der Waals surface area contributed by atoms with E-state index in [-0.39, 0.29) is 5.75 Å². The van der Waals surface area contributed by atoms with Crippen molar-refractivity contribution in [3.8, 4) is 11.5 Å². The zero-order valence-corrected chi connectivity index (χ0v) is 13.7. The smallest absolute Gasteiger partial charge is 0.165 e. The van der Waals surface area contributed by atoms with Crippen LogP contribution in [-0.2, 0) is 6.42 Å². The molecule has 1 aliphatic heterocycles. The van der Waals surface area contributed by atoms with Crippen molar-refractivity contribution < 1.29 is 19.0 Å². The third kappa shape index (κ3) is 2.83. The third-order valence-electron chi connectivity index (χ3n) is 3.64. The van der Waals surface area contributed by atoms with E-state index in [1.807, 2.05) is 12.1 Å². The van der Waals surface area contributed by atoms with Crippen molar-refractivity contribution in [1.29, 1.82) is 0 Å². The number of halogens is 2. The highest BCUT2D eigenvalue weighted by Crippen LogP contribution is 2.39. The third-order valence-corrected chi connectivity index (χ3v) is 4.10. The van der Waals surface area contributed by atoms with Crippen LogP contribution in [0.25, 0.3) is 0 Å². The fraction of sp³-hybridized carbons (Fsp3) is 0.294. The first-order valence-electron chi connectivity index (χ1n) is 7.15. The summed E-state index contributed by atoms with van der Waals surface area (Å²) >= 11 is 3.44. The lowest BCUT2D eigenvalue weighted by atomic mass is 9.98. The molecule has 1 aliphatic rings. The number of benzene rings is 2. The molecule has 0 spiro atoms. The van der Waals surface area contributed by atoms with Crippen molar-refractivity contribution in [2.75, 3.05) is 13.2 Å². The summed E-state index contributed by atoms with van der Waals surface area (Å²) in [5, 5.41) is 10.6. The summed E-state index contributed by atoms with van der Waals surface area (Å²) < 4.78 is 25.7. The Labute approximate surface area is 136 Å². The van der Waals surface area contributed by atoms with E-state index >= 15 is 0 Å². The van der Waals surface area contributed by atoms with Crippen molar-refractivity contribution in [1.82, 2.24) is 0 Å². The Morgan fingerprint density at radius 3 is 2.91 bits per heavy atom. The Morgan fingerprint density at radius 2 is 2.18 bits per heavy atom. The predicted octanol–water partition coefficient (Wildman–Crippen LogP) is 4.00. The molecule has 0 amide bonds. The summed E-state index contributed by atoms with van der Waals surface area (Å²) in [5.74, 6) is 0.408. The fourth-order valence-corrected chi connectivity index (χ4v) is 3.16. The van der Waals surface area contributed by atoms with Gasteiger partial charge >= 0.3 is 0 Å². The largest absolute Gasteiger partial charge is 0.493 e. The first-order chi connectivity index (χ1) is 10.6. The molecule has 3 rings (SSSR count). The Bertz CT molecular complexity index is 703. The molecule has 0 saturated carbocycles. The number of hydrogen-bond donors (Lipinski definition) is 1. The van der Waals surface area contributed by atoms with Crippen LogP contribution in [0.15, 0.2) is 34.8 Å². The van der Waals surface area contributed by atoms with Gasteiger partial charge in [0.25, 0.3) is 0 Å². The van der Waals surface area contributed by atoms with E-state index in [4.69, 9.17) is 9.47 Å². The quantitative estimate of drug-likeness (QED) is 0.888. The molecule has 116 valence electrons. The Hall–Kier alpha value is -1.59. The maximum Gasteiger partial charge on any atom is 0.165 e. The lowest BCUT2D eigenvalue weighted by Gasteiger charge is -2.16. The zero-order chi connectivity index (χ0) is 15.7. The summed E-state index contributed by atoms with van der Waals surface area (Å²) in [5.41, 5.74) is 2.16. The summed E-state index contributed by atoms with van der Waals surface area (Å²) in [6, 6.07) is 8.30. The predicted molar refractivity (Wildman–Crippen MR) is 85.0 cm³/mol. The first-order valence-corrected chi connectivity index (χ1v) is 7.95. The molecule has 0 aromatic heterocycles. The van der Waals surface area contributed by atoms with Gasteiger partial charge in [0.15, 0.2) is 11.6 Å². The van der Waals surface area contributed by atoms with Crippen LogP contribution in [0.3, 0.4) is 0 Å². The molecule has 1 heterocycles. The second kappa shape index (κ2) is 6.26. The number of aliphatic hydroxyl groups is 1. The lowest BCUT2D eigenvalue weighted by Crippen LogP contribution is -2.04. The molecule has 5 heteroatoms. The second-order valence-corrected chi connectivity index (χ2v) is 6.02. The van der Waals surface area contributed by atoms with E-state index in [1.165, 1.54) is 12.1 Å². The monoisotopic (exact) mass is 366 g/mol.